The number of carbonyl (C=O) groups is 2. The SMILES string of the molecule is COC(=O)c1cccc(N2CCN(C(=O)Nc3ccc(F)cc3)CC2)c1. The standard InChI is InChI=1S/C19H20FN3O3/c1-26-18(24)14-3-2-4-17(13-14)22-9-11-23(12-10-22)19(25)21-16-7-5-15(20)6-8-16/h2-8,13H,9-12H2,1H3,(H,21,25). The predicted octanol–water partition coefficient (Wildman–Crippen LogP) is 2.97. The zero-order chi connectivity index (χ0) is 18.5. The van der Waals surface area contributed by atoms with Crippen molar-refractivity contribution in [2.45, 2.75) is 0 Å². The summed E-state index contributed by atoms with van der Waals surface area (Å²) in [6.45, 7) is 2.41. The van der Waals surface area contributed by atoms with Gasteiger partial charge >= 0.3 is 12.0 Å². The van der Waals surface area contributed by atoms with Gasteiger partial charge in [-0.05, 0) is 42.5 Å². The number of amides is 2. The Balaban J connectivity index is 1.58. The van der Waals surface area contributed by atoms with E-state index >= 15 is 0 Å². The molecule has 0 atom stereocenters. The number of anilines is 2. The zero-order valence-electron chi connectivity index (χ0n) is 14.4. The maximum atomic E-state index is 12.9. The molecule has 2 aromatic rings. The van der Waals surface area contributed by atoms with Crippen LogP contribution in [0.4, 0.5) is 20.6 Å². The summed E-state index contributed by atoms with van der Waals surface area (Å²) in [4.78, 5) is 27.8. The molecule has 7 heteroatoms. The van der Waals surface area contributed by atoms with E-state index in [0.29, 0.717) is 37.4 Å². The molecule has 0 spiro atoms. The Morgan fingerprint density at radius 1 is 1.04 bits per heavy atom. The first-order valence-corrected chi connectivity index (χ1v) is 8.31. The molecular weight excluding hydrogens is 337 g/mol. The van der Waals surface area contributed by atoms with E-state index in [1.54, 1.807) is 17.0 Å². The highest BCUT2D eigenvalue weighted by Gasteiger charge is 2.22. The van der Waals surface area contributed by atoms with Crippen molar-refractivity contribution in [3.63, 3.8) is 0 Å². The third-order valence-corrected chi connectivity index (χ3v) is 4.29. The number of esters is 1. The van der Waals surface area contributed by atoms with E-state index in [1.807, 2.05) is 12.1 Å². The van der Waals surface area contributed by atoms with Gasteiger partial charge in [-0.2, -0.15) is 0 Å². The number of nitrogens with zero attached hydrogens (tertiary/aromatic N) is 2. The number of carbonyl (C=O) groups excluding carboxylic acids is 2. The van der Waals surface area contributed by atoms with Crippen molar-refractivity contribution in [3.05, 3.63) is 59.9 Å². The van der Waals surface area contributed by atoms with Crippen LogP contribution in [0, 0.1) is 5.82 Å². The Morgan fingerprint density at radius 3 is 2.38 bits per heavy atom. The minimum Gasteiger partial charge on any atom is -0.465 e. The maximum absolute atomic E-state index is 12.9. The van der Waals surface area contributed by atoms with E-state index in [1.165, 1.54) is 31.4 Å². The van der Waals surface area contributed by atoms with E-state index in [2.05, 4.69) is 10.2 Å². The van der Waals surface area contributed by atoms with Crippen molar-refractivity contribution < 1.29 is 18.7 Å². The Labute approximate surface area is 151 Å². The quantitative estimate of drug-likeness (QED) is 0.858. The fraction of sp³-hybridized carbons (Fsp3) is 0.263. The fourth-order valence-corrected chi connectivity index (χ4v) is 2.85. The molecule has 1 heterocycles. The third-order valence-electron chi connectivity index (χ3n) is 4.29. The lowest BCUT2D eigenvalue weighted by Gasteiger charge is -2.36. The second-order valence-electron chi connectivity index (χ2n) is 5.95. The second kappa shape index (κ2) is 7.86. The fourth-order valence-electron chi connectivity index (χ4n) is 2.85. The summed E-state index contributed by atoms with van der Waals surface area (Å²) < 4.78 is 17.7. The summed E-state index contributed by atoms with van der Waals surface area (Å²) in [5.74, 6) is -0.713. The molecule has 1 saturated heterocycles. The lowest BCUT2D eigenvalue weighted by molar-refractivity contribution is 0.0600. The van der Waals surface area contributed by atoms with Gasteiger partial charge in [0.15, 0.2) is 0 Å². The number of nitrogens with one attached hydrogen (secondary N) is 1. The summed E-state index contributed by atoms with van der Waals surface area (Å²) in [5.41, 5.74) is 1.98. The van der Waals surface area contributed by atoms with Crippen molar-refractivity contribution in [2.75, 3.05) is 43.5 Å². The molecule has 1 fully saturated rings. The third kappa shape index (κ3) is 4.11. The van der Waals surface area contributed by atoms with Crippen LogP contribution in [0.2, 0.25) is 0 Å². The molecule has 1 aliphatic rings. The number of rotatable bonds is 3. The number of methoxy groups -OCH3 is 1. The molecule has 1 aliphatic heterocycles. The molecule has 0 saturated carbocycles. The van der Waals surface area contributed by atoms with E-state index in [0.717, 1.165) is 5.69 Å². The Bertz CT molecular complexity index is 787. The van der Waals surface area contributed by atoms with Crippen LogP contribution < -0.4 is 10.2 Å². The molecule has 3 rings (SSSR count). The van der Waals surface area contributed by atoms with Crippen LogP contribution in [0.1, 0.15) is 10.4 Å². The van der Waals surface area contributed by atoms with Crippen molar-refractivity contribution >= 4 is 23.4 Å². The number of benzene rings is 2. The van der Waals surface area contributed by atoms with Gasteiger partial charge in [0.05, 0.1) is 12.7 Å². The van der Waals surface area contributed by atoms with Gasteiger partial charge < -0.3 is 19.9 Å². The van der Waals surface area contributed by atoms with Crippen LogP contribution in [-0.2, 0) is 4.74 Å². The number of ether oxygens (including phenoxy) is 1. The average molecular weight is 357 g/mol. The molecule has 26 heavy (non-hydrogen) atoms. The highest BCUT2D eigenvalue weighted by Crippen LogP contribution is 2.19. The highest BCUT2D eigenvalue weighted by atomic mass is 19.1. The summed E-state index contributed by atoms with van der Waals surface area (Å²) in [7, 11) is 1.35. The minimum atomic E-state index is -0.371. The van der Waals surface area contributed by atoms with E-state index in [-0.39, 0.29) is 17.8 Å². The molecule has 136 valence electrons. The van der Waals surface area contributed by atoms with Crippen LogP contribution in [0.3, 0.4) is 0 Å². The first-order chi connectivity index (χ1) is 12.6. The lowest BCUT2D eigenvalue weighted by atomic mass is 10.1. The Morgan fingerprint density at radius 2 is 1.73 bits per heavy atom. The summed E-state index contributed by atoms with van der Waals surface area (Å²) in [5, 5.41) is 2.77. The number of halogens is 1. The van der Waals surface area contributed by atoms with Crippen molar-refractivity contribution in [1.82, 2.24) is 4.90 Å². The average Bonchev–Trinajstić information content (AvgIpc) is 2.69. The molecule has 0 aromatic heterocycles. The van der Waals surface area contributed by atoms with Crippen LogP contribution >= 0.6 is 0 Å². The van der Waals surface area contributed by atoms with E-state index in [9.17, 15) is 14.0 Å². The summed E-state index contributed by atoms with van der Waals surface area (Å²) in [6.07, 6.45) is 0. The smallest absolute Gasteiger partial charge is 0.337 e. The first-order valence-electron chi connectivity index (χ1n) is 8.31. The van der Waals surface area contributed by atoms with E-state index in [4.69, 9.17) is 4.74 Å². The van der Waals surface area contributed by atoms with Crippen molar-refractivity contribution in [3.8, 4) is 0 Å². The largest absolute Gasteiger partial charge is 0.465 e. The monoisotopic (exact) mass is 357 g/mol. The molecule has 0 radical (unpaired) electrons. The van der Waals surface area contributed by atoms with Gasteiger partial charge in [0, 0.05) is 37.6 Å². The molecule has 0 bridgehead atoms. The normalized spacial score (nSPS) is 14.1. The topological polar surface area (TPSA) is 61.9 Å². The molecule has 1 N–H and O–H groups in total. The molecule has 0 unspecified atom stereocenters. The van der Waals surface area contributed by atoms with Crippen LogP contribution in [0.15, 0.2) is 48.5 Å². The highest BCUT2D eigenvalue weighted by molar-refractivity contribution is 5.91. The van der Waals surface area contributed by atoms with Crippen molar-refractivity contribution in [1.29, 1.82) is 0 Å². The van der Waals surface area contributed by atoms with Crippen LogP contribution in [0.5, 0.6) is 0 Å². The zero-order valence-corrected chi connectivity index (χ0v) is 14.4. The molecule has 2 aromatic carbocycles. The van der Waals surface area contributed by atoms with Gasteiger partial charge in [-0.25, -0.2) is 14.0 Å². The maximum Gasteiger partial charge on any atom is 0.337 e. The van der Waals surface area contributed by atoms with Crippen molar-refractivity contribution in [2.24, 2.45) is 0 Å². The Kier molecular flexibility index (Phi) is 5.36. The number of urea groups is 1. The van der Waals surface area contributed by atoms with Gasteiger partial charge in [-0.1, -0.05) is 6.07 Å². The summed E-state index contributed by atoms with van der Waals surface area (Å²) in [6, 6.07) is 12.7. The molecule has 2 amide bonds. The minimum absolute atomic E-state index is 0.209. The van der Waals surface area contributed by atoms with Gasteiger partial charge in [0.1, 0.15) is 5.82 Å². The first kappa shape index (κ1) is 17.7. The van der Waals surface area contributed by atoms with E-state index < -0.39 is 0 Å². The summed E-state index contributed by atoms with van der Waals surface area (Å²) >= 11 is 0. The predicted molar refractivity (Wildman–Crippen MR) is 97.0 cm³/mol. The van der Waals surface area contributed by atoms with Gasteiger partial charge in [-0.3, -0.25) is 0 Å². The second-order valence-corrected chi connectivity index (χ2v) is 5.95. The van der Waals surface area contributed by atoms with Gasteiger partial charge in [0.25, 0.3) is 0 Å². The van der Waals surface area contributed by atoms with Gasteiger partial charge in [-0.15, -0.1) is 0 Å². The number of piperazine rings is 1. The molecular formula is C19H20FN3O3. The number of hydrogen-bond donors (Lipinski definition) is 1. The lowest BCUT2D eigenvalue weighted by Crippen LogP contribution is -2.50. The number of hydrogen-bond acceptors (Lipinski definition) is 4. The Hall–Kier alpha value is -3.09. The van der Waals surface area contributed by atoms with Crippen LogP contribution in [0.25, 0.3) is 0 Å². The van der Waals surface area contributed by atoms with Gasteiger partial charge in [0.2, 0.25) is 0 Å². The van der Waals surface area contributed by atoms with Crippen LogP contribution in [-0.4, -0.2) is 50.2 Å². The molecule has 6 nitrogen and oxygen atoms in total. The molecule has 0 aliphatic carbocycles.